The Kier molecular flexibility index (Phi) is 4.52. The van der Waals surface area contributed by atoms with Gasteiger partial charge in [0.1, 0.15) is 0 Å². The van der Waals surface area contributed by atoms with Crippen LogP contribution in [0.25, 0.3) is 0 Å². The second kappa shape index (κ2) is 4.62. The summed E-state index contributed by atoms with van der Waals surface area (Å²) in [6, 6.07) is 6.58. The zero-order valence-corrected chi connectivity index (χ0v) is 7.79. The van der Waals surface area contributed by atoms with Gasteiger partial charge in [-0.05, 0) is 12.1 Å². The fraction of sp³-hybridized carbons (Fsp3) is 0. The zero-order chi connectivity index (χ0) is 7.56. The van der Waals surface area contributed by atoms with Crippen LogP contribution in [0.2, 0.25) is 0 Å². The number of carboxylic acid groups (broad SMARTS) is 1. The third-order valence-corrected chi connectivity index (χ3v) is 1.52. The Morgan fingerprint density at radius 3 is 2.27 bits per heavy atom. The molecular weight excluding hydrogens is 256 g/mol. The monoisotopic (exact) mass is 261 g/mol. The van der Waals surface area contributed by atoms with E-state index in [4.69, 9.17) is 5.11 Å². The number of hydrogen-bond acceptors (Lipinski definition) is 2. The molecular formula is C7H6AgO2S. The summed E-state index contributed by atoms with van der Waals surface area (Å²) in [5.74, 6) is -0.939. The van der Waals surface area contributed by atoms with E-state index < -0.39 is 5.97 Å². The first-order chi connectivity index (χ1) is 4.72. The second-order valence-electron chi connectivity index (χ2n) is 1.82. The van der Waals surface area contributed by atoms with Crippen LogP contribution in [0.3, 0.4) is 0 Å². The fourth-order valence-electron chi connectivity index (χ4n) is 0.654. The molecule has 0 spiro atoms. The van der Waals surface area contributed by atoms with E-state index in [1.54, 1.807) is 18.2 Å². The number of aromatic carboxylic acids is 1. The van der Waals surface area contributed by atoms with E-state index in [1.165, 1.54) is 6.07 Å². The molecule has 0 saturated carbocycles. The molecule has 0 bridgehead atoms. The molecule has 0 amide bonds. The van der Waals surface area contributed by atoms with E-state index in [9.17, 15) is 4.79 Å². The maximum absolute atomic E-state index is 10.4. The molecule has 63 valence electrons. The van der Waals surface area contributed by atoms with Crippen molar-refractivity contribution in [3.05, 3.63) is 29.8 Å². The van der Waals surface area contributed by atoms with E-state index in [2.05, 4.69) is 12.6 Å². The number of rotatable bonds is 1. The van der Waals surface area contributed by atoms with Gasteiger partial charge in [0.05, 0.1) is 5.56 Å². The molecule has 1 aromatic carbocycles. The van der Waals surface area contributed by atoms with Crippen LogP contribution in [0.4, 0.5) is 0 Å². The van der Waals surface area contributed by atoms with Crippen LogP contribution < -0.4 is 0 Å². The molecule has 1 N–H and O–H groups in total. The Bertz CT molecular complexity index is 262. The predicted molar refractivity (Wildman–Crippen MR) is 40.7 cm³/mol. The first-order valence-corrected chi connectivity index (χ1v) is 3.18. The number of carboxylic acids is 1. The largest absolute Gasteiger partial charge is 0.478 e. The second-order valence-corrected chi connectivity index (χ2v) is 2.30. The molecule has 1 radical (unpaired) electrons. The van der Waals surface area contributed by atoms with Crippen molar-refractivity contribution in [1.29, 1.82) is 0 Å². The predicted octanol–water partition coefficient (Wildman–Crippen LogP) is 1.67. The third-order valence-electron chi connectivity index (χ3n) is 1.13. The van der Waals surface area contributed by atoms with Crippen LogP contribution in [-0.2, 0) is 22.4 Å². The molecule has 0 heterocycles. The fourth-order valence-corrected chi connectivity index (χ4v) is 0.911. The van der Waals surface area contributed by atoms with Crippen LogP contribution in [0.1, 0.15) is 10.4 Å². The van der Waals surface area contributed by atoms with Crippen LogP contribution in [0, 0.1) is 0 Å². The summed E-state index contributed by atoms with van der Waals surface area (Å²) in [6.07, 6.45) is 0. The molecule has 0 aromatic heterocycles. The third kappa shape index (κ3) is 2.71. The minimum atomic E-state index is -0.939. The number of thiol groups is 1. The molecule has 0 fully saturated rings. The standard InChI is InChI=1S/C7H6O2S.Ag/c8-7(9)5-3-1-2-4-6(5)10;/h1-4,10H,(H,8,9);. The molecule has 0 aliphatic heterocycles. The van der Waals surface area contributed by atoms with Gasteiger partial charge in [-0.2, -0.15) is 0 Å². The van der Waals surface area contributed by atoms with Gasteiger partial charge in [0.15, 0.2) is 0 Å². The summed E-state index contributed by atoms with van der Waals surface area (Å²) in [6.45, 7) is 0. The molecule has 0 unspecified atom stereocenters. The van der Waals surface area contributed by atoms with Crippen LogP contribution in [-0.4, -0.2) is 11.1 Å². The van der Waals surface area contributed by atoms with Gasteiger partial charge in [-0.15, -0.1) is 12.6 Å². The Hall–Kier alpha value is -0.220. The van der Waals surface area contributed by atoms with Gasteiger partial charge in [-0.3, -0.25) is 0 Å². The normalized spacial score (nSPS) is 8.45. The molecule has 0 saturated heterocycles. The van der Waals surface area contributed by atoms with Crippen molar-refractivity contribution in [2.75, 3.05) is 0 Å². The van der Waals surface area contributed by atoms with Crippen LogP contribution in [0.15, 0.2) is 29.2 Å². The van der Waals surface area contributed by atoms with Crippen LogP contribution in [0.5, 0.6) is 0 Å². The molecule has 0 aliphatic rings. The van der Waals surface area contributed by atoms with Crippen molar-refractivity contribution in [3.8, 4) is 0 Å². The van der Waals surface area contributed by atoms with Crippen molar-refractivity contribution in [1.82, 2.24) is 0 Å². The van der Waals surface area contributed by atoms with Crippen LogP contribution >= 0.6 is 12.6 Å². The van der Waals surface area contributed by atoms with Crippen molar-refractivity contribution >= 4 is 18.6 Å². The summed E-state index contributed by atoms with van der Waals surface area (Å²) in [4.78, 5) is 10.9. The van der Waals surface area contributed by atoms with Gasteiger partial charge < -0.3 is 5.11 Å². The van der Waals surface area contributed by atoms with E-state index in [1.807, 2.05) is 0 Å². The van der Waals surface area contributed by atoms with Gasteiger partial charge in [0, 0.05) is 27.3 Å². The minimum Gasteiger partial charge on any atom is -0.478 e. The van der Waals surface area contributed by atoms with E-state index >= 15 is 0 Å². The Morgan fingerprint density at radius 2 is 1.91 bits per heavy atom. The van der Waals surface area contributed by atoms with Gasteiger partial charge in [0.2, 0.25) is 0 Å². The molecule has 4 heteroatoms. The number of hydrogen-bond donors (Lipinski definition) is 2. The van der Waals surface area contributed by atoms with Crippen molar-refractivity contribution < 1.29 is 32.3 Å². The van der Waals surface area contributed by atoms with Crippen molar-refractivity contribution in [2.45, 2.75) is 4.90 Å². The maximum Gasteiger partial charge on any atom is 0.336 e. The minimum absolute atomic E-state index is 0. The molecule has 0 atom stereocenters. The molecule has 1 aromatic rings. The van der Waals surface area contributed by atoms with Crippen molar-refractivity contribution in [2.24, 2.45) is 0 Å². The summed E-state index contributed by atoms with van der Waals surface area (Å²) < 4.78 is 0. The summed E-state index contributed by atoms with van der Waals surface area (Å²) in [7, 11) is 0. The molecule has 11 heavy (non-hydrogen) atoms. The summed E-state index contributed by atoms with van der Waals surface area (Å²) >= 11 is 3.96. The Morgan fingerprint density at radius 1 is 1.36 bits per heavy atom. The van der Waals surface area contributed by atoms with Gasteiger partial charge in [0.25, 0.3) is 0 Å². The summed E-state index contributed by atoms with van der Waals surface area (Å²) in [5.41, 5.74) is 0.242. The average molecular weight is 262 g/mol. The molecule has 2 nitrogen and oxygen atoms in total. The van der Waals surface area contributed by atoms with E-state index in [0.29, 0.717) is 4.90 Å². The summed E-state index contributed by atoms with van der Waals surface area (Å²) in [5, 5.41) is 8.52. The zero-order valence-electron chi connectivity index (χ0n) is 5.41. The topological polar surface area (TPSA) is 37.3 Å². The Balaban J connectivity index is 0.000001000. The van der Waals surface area contributed by atoms with E-state index in [-0.39, 0.29) is 27.9 Å². The smallest absolute Gasteiger partial charge is 0.336 e. The number of benzene rings is 1. The van der Waals surface area contributed by atoms with Gasteiger partial charge >= 0.3 is 5.97 Å². The quantitative estimate of drug-likeness (QED) is 0.596. The first kappa shape index (κ1) is 10.8. The first-order valence-electron chi connectivity index (χ1n) is 2.73. The van der Waals surface area contributed by atoms with Gasteiger partial charge in [-0.25, -0.2) is 4.79 Å². The maximum atomic E-state index is 10.4. The number of carbonyl (C=O) groups is 1. The average Bonchev–Trinajstić information content (AvgIpc) is 1.88. The molecule has 0 aliphatic carbocycles. The van der Waals surface area contributed by atoms with E-state index in [0.717, 1.165) is 0 Å². The SMILES string of the molecule is O=C(O)c1ccccc1S.[Ag]. The van der Waals surface area contributed by atoms with Gasteiger partial charge in [-0.1, -0.05) is 12.1 Å². The Labute approximate surface area is 85.5 Å². The molecule has 1 rings (SSSR count). The van der Waals surface area contributed by atoms with Crippen molar-refractivity contribution in [3.63, 3.8) is 0 Å².